The van der Waals surface area contributed by atoms with E-state index in [0.29, 0.717) is 22.8 Å². The number of hydrogen-bond acceptors (Lipinski definition) is 5. The first-order valence-corrected chi connectivity index (χ1v) is 6.92. The highest BCUT2D eigenvalue weighted by molar-refractivity contribution is 5.97. The third-order valence-corrected chi connectivity index (χ3v) is 3.56. The number of methoxy groups -OCH3 is 1. The number of rotatable bonds is 4. The Morgan fingerprint density at radius 2 is 1.78 bits per heavy atom. The highest BCUT2D eigenvalue weighted by Gasteiger charge is 2.24. The molecule has 3 aromatic rings. The second-order valence-electron chi connectivity index (χ2n) is 5.07. The summed E-state index contributed by atoms with van der Waals surface area (Å²) in [5.41, 5.74) is 2.51. The topological polar surface area (TPSA) is 101 Å². The van der Waals surface area contributed by atoms with Crippen molar-refractivity contribution in [3.8, 4) is 28.7 Å². The number of nitrogens with zero attached hydrogens (tertiary/aromatic N) is 2. The van der Waals surface area contributed by atoms with Gasteiger partial charge < -0.3 is 19.2 Å². The summed E-state index contributed by atoms with van der Waals surface area (Å²) < 4.78 is 10.8. The number of benzene rings is 1. The molecule has 0 amide bonds. The quantitative estimate of drug-likeness (QED) is 0.767. The fraction of sp³-hybridized carbons (Fsp3) is 0.188. The summed E-state index contributed by atoms with van der Waals surface area (Å²) in [4.78, 5) is 14.4. The molecule has 23 heavy (non-hydrogen) atoms. The average Bonchev–Trinajstić information content (AvgIpc) is 3.11. The number of carboxylic acid groups (broad SMARTS) is 1. The highest BCUT2D eigenvalue weighted by Crippen LogP contribution is 2.31. The number of hydrogen-bond donors (Lipinski definition) is 2. The van der Waals surface area contributed by atoms with Gasteiger partial charge in [0.25, 0.3) is 5.89 Å². The largest absolute Gasteiger partial charge is 0.497 e. The predicted octanol–water partition coefficient (Wildman–Crippen LogP) is 3.06. The smallest absolute Gasteiger partial charge is 0.338 e. The van der Waals surface area contributed by atoms with Gasteiger partial charge in [-0.1, -0.05) is 0 Å². The Bertz CT molecular complexity index is 862. The Morgan fingerprint density at radius 1 is 1.13 bits per heavy atom. The molecule has 2 heterocycles. The van der Waals surface area contributed by atoms with Crippen LogP contribution in [-0.4, -0.2) is 33.4 Å². The molecular weight excluding hydrogens is 298 g/mol. The average molecular weight is 313 g/mol. The molecule has 0 unspecified atom stereocenters. The fourth-order valence-electron chi connectivity index (χ4n) is 2.49. The number of carboxylic acids is 1. The fourth-order valence-corrected chi connectivity index (χ4v) is 2.49. The van der Waals surface area contributed by atoms with Crippen LogP contribution >= 0.6 is 0 Å². The van der Waals surface area contributed by atoms with E-state index in [1.54, 1.807) is 45.2 Å². The van der Waals surface area contributed by atoms with Crippen LogP contribution < -0.4 is 4.74 Å². The van der Waals surface area contributed by atoms with Gasteiger partial charge in [0.15, 0.2) is 0 Å². The Morgan fingerprint density at radius 3 is 2.39 bits per heavy atom. The number of H-pyrrole nitrogens is 1. The molecule has 0 saturated carbocycles. The van der Waals surface area contributed by atoms with Crippen LogP contribution in [0.2, 0.25) is 0 Å². The van der Waals surface area contributed by atoms with Crippen LogP contribution in [0.4, 0.5) is 0 Å². The van der Waals surface area contributed by atoms with E-state index >= 15 is 0 Å². The van der Waals surface area contributed by atoms with Crippen molar-refractivity contribution in [3.05, 3.63) is 41.2 Å². The normalized spacial score (nSPS) is 10.7. The molecule has 0 saturated heterocycles. The van der Waals surface area contributed by atoms with Crippen LogP contribution in [0.1, 0.15) is 21.7 Å². The molecular formula is C16H15N3O4. The lowest BCUT2D eigenvalue weighted by molar-refractivity contribution is 0.0697. The minimum absolute atomic E-state index is 0.146. The summed E-state index contributed by atoms with van der Waals surface area (Å²) >= 11 is 0. The van der Waals surface area contributed by atoms with Crippen molar-refractivity contribution < 1.29 is 19.1 Å². The van der Waals surface area contributed by atoms with Gasteiger partial charge in [-0.15, -0.1) is 10.2 Å². The monoisotopic (exact) mass is 313 g/mol. The van der Waals surface area contributed by atoms with Crippen molar-refractivity contribution in [2.24, 2.45) is 0 Å². The number of aromatic amines is 1. The van der Waals surface area contributed by atoms with Crippen molar-refractivity contribution in [2.45, 2.75) is 13.8 Å². The number of carbonyl (C=O) groups is 1. The summed E-state index contributed by atoms with van der Waals surface area (Å²) in [6, 6.07) is 7.16. The van der Waals surface area contributed by atoms with Crippen LogP contribution in [0.5, 0.6) is 5.75 Å². The minimum Gasteiger partial charge on any atom is -0.497 e. The maximum absolute atomic E-state index is 11.5. The molecule has 2 N–H and O–H groups in total. The molecule has 3 rings (SSSR count). The Hall–Kier alpha value is -3.09. The number of aryl methyl sites for hydroxylation is 2. The molecule has 0 bridgehead atoms. The van der Waals surface area contributed by atoms with E-state index in [9.17, 15) is 9.90 Å². The third kappa shape index (κ3) is 2.57. The van der Waals surface area contributed by atoms with Gasteiger partial charge in [0, 0.05) is 17.0 Å². The maximum atomic E-state index is 11.5. The zero-order valence-corrected chi connectivity index (χ0v) is 12.9. The van der Waals surface area contributed by atoms with Gasteiger partial charge in [0.2, 0.25) is 5.89 Å². The van der Waals surface area contributed by atoms with Gasteiger partial charge in [0.05, 0.1) is 18.2 Å². The first-order chi connectivity index (χ1) is 11.0. The lowest BCUT2D eigenvalue weighted by Gasteiger charge is -1.99. The molecule has 7 heteroatoms. The van der Waals surface area contributed by atoms with E-state index in [1.807, 2.05) is 0 Å². The molecule has 0 fully saturated rings. The summed E-state index contributed by atoms with van der Waals surface area (Å²) in [7, 11) is 1.59. The second kappa shape index (κ2) is 5.60. The number of nitrogens with one attached hydrogen (secondary N) is 1. The molecule has 0 aliphatic heterocycles. The van der Waals surface area contributed by atoms with Crippen LogP contribution in [0.15, 0.2) is 28.7 Å². The van der Waals surface area contributed by atoms with Crippen LogP contribution in [0, 0.1) is 13.8 Å². The third-order valence-electron chi connectivity index (χ3n) is 3.56. The molecule has 7 nitrogen and oxygen atoms in total. The van der Waals surface area contributed by atoms with Crippen molar-refractivity contribution in [3.63, 3.8) is 0 Å². The zero-order valence-electron chi connectivity index (χ0n) is 12.9. The SMILES string of the molecule is COc1ccc(-c2nnc(-c3c(C)[nH]c(C)c3C(=O)O)o2)cc1. The van der Waals surface area contributed by atoms with E-state index in [1.165, 1.54) is 0 Å². The number of aromatic carboxylic acids is 1. The molecule has 2 aromatic heterocycles. The molecule has 0 radical (unpaired) electrons. The lowest BCUT2D eigenvalue weighted by atomic mass is 10.1. The Kier molecular flexibility index (Phi) is 3.61. The standard InChI is InChI=1S/C16H15N3O4/c1-8-12(13(16(20)21)9(2)17-8)15-19-18-14(23-15)10-4-6-11(22-3)7-5-10/h4-7,17H,1-3H3,(H,20,21). The van der Waals surface area contributed by atoms with E-state index < -0.39 is 5.97 Å². The number of ether oxygens (including phenoxy) is 1. The lowest BCUT2D eigenvalue weighted by Crippen LogP contribution is -1.99. The first kappa shape index (κ1) is 14.8. The first-order valence-electron chi connectivity index (χ1n) is 6.92. The van der Waals surface area contributed by atoms with E-state index in [-0.39, 0.29) is 11.5 Å². The summed E-state index contributed by atoms with van der Waals surface area (Å²) in [5, 5.41) is 17.4. The predicted molar refractivity (Wildman–Crippen MR) is 82.5 cm³/mol. The van der Waals surface area contributed by atoms with Crippen LogP contribution in [-0.2, 0) is 0 Å². The van der Waals surface area contributed by atoms with E-state index in [4.69, 9.17) is 9.15 Å². The van der Waals surface area contributed by atoms with Gasteiger partial charge in [-0.2, -0.15) is 0 Å². The van der Waals surface area contributed by atoms with E-state index in [2.05, 4.69) is 15.2 Å². The van der Waals surface area contributed by atoms with Gasteiger partial charge in [-0.25, -0.2) is 4.79 Å². The summed E-state index contributed by atoms with van der Waals surface area (Å²) in [6.07, 6.45) is 0. The summed E-state index contributed by atoms with van der Waals surface area (Å²) in [6.45, 7) is 3.47. The molecule has 0 aliphatic carbocycles. The highest BCUT2D eigenvalue weighted by atomic mass is 16.5. The molecule has 0 spiro atoms. The van der Waals surface area contributed by atoms with Crippen LogP contribution in [0.25, 0.3) is 22.9 Å². The zero-order chi connectivity index (χ0) is 16.6. The van der Waals surface area contributed by atoms with Crippen molar-refractivity contribution in [2.75, 3.05) is 7.11 Å². The van der Waals surface area contributed by atoms with Crippen molar-refractivity contribution in [1.29, 1.82) is 0 Å². The van der Waals surface area contributed by atoms with Gasteiger partial charge in [-0.05, 0) is 38.1 Å². The van der Waals surface area contributed by atoms with Crippen molar-refractivity contribution in [1.82, 2.24) is 15.2 Å². The Balaban J connectivity index is 2.04. The van der Waals surface area contributed by atoms with Crippen LogP contribution in [0.3, 0.4) is 0 Å². The Labute approximate surface area is 131 Å². The number of aromatic nitrogens is 3. The van der Waals surface area contributed by atoms with Gasteiger partial charge in [0.1, 0.15) is 5.75 Å². The van der Waals surface area contributed by atoms with Gasteiger partial charge in [-0.3, -0.25) is 0 Å². The second-order valence-corrected chi connectivity index (χ2v) is 5.07. The molecule has 1 aromatic carbocycles. The minimum atomic E-state index is -1.04. The summed E-state index contributed by atoms with van der Waals surface area (Å²) in [5.74, 6) is 0.178. The molecule has 0 atom stereocenters. The maximum Gasteiger partial charge on any atom is 0.338 e. The van der Waals surface area contributed by atoms with Crippen molar-refractivity contribution >= 4 is 5.97 Å². The van der Waals surface area contributed by atoms with Gasteiger partial charge >= 0.3 is 5.97 Å². The molecule has 118 valence electrons. The molecule has 0 aliphatic rings. The van der Waals surface area contributed by atoms with E-state index in [0.717, 1.165) is 11.3 Å².